The van der Waals surface area contributed by atoms with E-state index in [4.69, 9.17) is 9.47 Å². The van der Waals surface area contributed by atoms with Crippen LogP contribution in [0.1, 0.15) is 30.1 Å². The summed E-state index contributed by atoms with van der Waals surface area (Å²) in [6.45, 7) is 2.64. The van der Waals surface area contributed by atoms with Crippen molar-refractivity contribution >= 4 is 21.6 Å². The van der Waals surface area contributed by atoms with Crippen LogP contribution in [-0.2, 0) is 10.0 Å². The fraction of sp³-hybridized carbons (Fsp3) is 0.350. The summed E-state index contributed by atoms with van der Waals surface area (Å²) in [5.41, 5.74) is 0.542. The third-order valence-electron chi connectivity index (χ3n) is 4.08. The third-order valence-corrected chi connectivity index (χ3v) is 5.95. The molecule has 0 spiro atoms. The molecule has 0 aliphatic rings. The van der Waals surface area contributed by atoms with E-state index in [1.807, 2.05) is 0 Å². The normalized spacial score (nSPS) is 11.3. The highest BCUT2D eigenvalue weighted by Crippen LogP contribution is 2.29. The second-order valence-electron chi connectivity index (χ2n) is 6.31. The summed E-state index contributed by atoms with van der Waals surface area (Å²) in [5, 5.41) is 2.67. The van der Waals surface area contributed by atoms with Crippen molar-refractivity contribution in [3.63, 3.8) is 0 Å². The Morgan fingerprint density at radius 2 is 1.82 bits per heavy atom. The largest absolute Gasteiger partial charge is 0.493 e. The van der Waals surface area contributed by atoms with Gasteiger partial charge in [-0.15, -0.1) is 0 Å². The Labute approximate surface area is 166 Å². The Hall–Kier alpha value is -2.58. The Bertz CT molecular complexity index is 926. The SMILES string of the molecule is CCCCOc1ccc(C(=O)Nc2ccccc2S(=O)(=O)N(C)C)cc1OC. The smallest absolute Gasteiger partial charge is 0.255 e. The summed E-state index contributed by atoms with van der Waals surface area (Å²) in [7, 11) is 0.690. The van der Waals surface area contributed by atoms with E-state index in [0.717, 1.165) is 17.1 Å². The minimum atomic E-state index is -3.69. The standard InChI is InChI=1S/C20H26N2O5S/c1-5-6-13-27-17-12-11-15(14-18(17)26-4)20(23)21-16-9-7-8-10-19(16)28(24,25)22(2)3/h7-12,14H,5-6,13H2,1-4H3,(H,21,23). The molecule has 0 saturated heterocycles. The van der Waals surface area contributed by atoms with E-state index in [9.17, 15) is 13.2 Å². The molecule has 0 fully saturated rings. The first-order chi connectivity index (χ1) is 13.3. The molecule has 2 aromatic rings. The quantitative estimate of drug-likeness (QED) is 0.646. The Morgan fingerprint density at radius 3 is 2.46 bits per heavy atom. The molecule has 0 aliphatic carbocycles. The fourth-order valence-corrected chi connectivity index (χ4v) is 3.48. The van der Waals surface area contributed by atoms with Crippen molar-refractivity contribution in [3.05, 3.63) is 48.0 Å². The van der Waals surface area contributed by atoms with Gasteiger partial charge >= 0.3 is 0 Å². The lowest BCUT2D eigenvalue weighted by molar-refractivity contribution is 0.102. The van der Waals surface area contributed by atoms with Crippen molar-refractivity contribution in [1.82, 2.24) is 4.31 Å². The van der Waals surface area contributed by atoms with E-state index < -0.39 is 15.9 Å². The van der Waals surface area contributed by atoms with Gasteiger partial charge in [0.25, 0.3) is 5.91 Å². The van der Waals surface area contributed by atoms with E-state index in [0.29, 0.717) is 23.7 Å². The number of unbranched alkanes of at least 4 members (excludes halogenated alkanes) is 1. The number of sulfonamides is 1. The van der Waals surface area contributed by atoms with Gasteiger partial charge in [0.2, 0.25) is 10.0 Å². The van der Waals surface area contributed by atoms with E-state index >= 15 is 0 Å². The Kier molecular flexibility index (Phi) is 7.42. The molecule has 8 heteroatoms. The number of hydrogen-bond donors (Lipinski definition) is 1. The molecular formula is C20H26N2O5S. The van der Waals surface area contributed by atoms with Gasteiger partial charge in [0.15, 0.2) is 11.5 Å². The number of para-hydroxylation sites is 1. The van der Waals surface area contributed by atoms with Crippen molar-refractivity contribution in [2.45, 2.75) is 24.7 Å². The van der Waals surface area contributed by atoms with Gasteiger partial charge < -0.3 is 14.8 Å². The molecule has 0 aromatic heterocycles. The number of benzene rings is 2. The van der Waals surface area contributed by atoms with Crippen LogP contribution in [0.2, 0.25) is 0 Å². The van der Waals surface area contributed by atoms with Crippen LogP contribution in [-0.4, -0.2) is 46.4 Å². The number of rotatable bonds is 9. The van der Waals surface area contributed by atoms with Crippen molar-refractivity contribution < 1.29 is 22.7 Å². The number of nitrogens with one attached hydrogen (secondary N) is 1. The van der Waals surface area contributed by atoms with Gasteiger partial charge in [-0.3, -0.25) is 4.79 Å². The molecule has 1 N–H and O–H groups in total. The number of amides is 1. The summed E-state index contributed by atoms with van der Waals surface area (Å²) in [4.78, 5) is 12.7. The highest BCUT2D eigenvalue weighted by Gasteiger charge is 2.22. The number of methoxy groups -OCH3 is 1. The molecular weight excluding hydrogens is 380 g/mol. The van der Waals surface area contributed by atoms with Gasteiger partial charge in [-0.1, -0.05) is 25.5 Å². The number of ether oxygens (including phenoxy) is 2. The monoisotopic (exact) mass is 406 g/mol. The molecule has 2 rings (SSSR count). The predicted molar refractivity (Wildman–Crippen MR) is 109 cm³/mol. The van der Waals surface area contributed by atoms with Crippen LogP contribution in [0.4, 0.5) is 5.69 Å². The van der Waals surface area contributed by atoms with E-state index in [2.05, 4.69) is 12.2 Å². The maximum absolute atomic E-state index is 12.7. The molecule has 7 nitrogen and oxygen atoms in total. The van der Waals surface area contributed by atoms with E-state index in [-0.39, 0.29) is 10.6 Å². The average molecular weight is 407 g/mol. The van der Waals surface area contributed by atoms with Gasteiger partial charge in [0.1, 0.15) is 4.90 Å². The number of hydrogen-bond acceptors (Lipinski definition) is 5. The summed E-state index contributed by atoms with van der Waals surface area (Å²) in [6, 6.07) is 11.1. The molecule has 1 amide bonds. The number of carbonyl (C=O) groups is 1. The maximum atomic E-state index is 12.7. The zero-order valence-electron chi connectivity index (χ0n) is 16.6. The molecule has 2 aromatic carbocycles. The highest BCUT2D eigenvalue weighted by molar-refractivity contribution is 7.89. The van der Waals surface area contributed by atoms with Crippen LogP contribution in [0.3, 0.4) is 0 Å². The zero-order chi connectivity index (χ0) is 20.7. The number of anilines is 1. The Balaban J connectivity index is 2.27. The first-order valence-electron chi connectivity index (χ1n) is 8.95. The fourth-order valence-electron chi connectivity index (χ4n) is 2.44. The first-order valence-corrected chi connectivity index (χ1v) is 10.4. The molecule has 0 atom stereocenters. The number of carbonyl (C=O) groups excluding carboxylic acids is 1. The topological polar surface area (TPSA) is 84.9 Å². The van der Waals surface area contributed by atoms with Crippen molar-refractivity contribution in [1.29, 1.82) is 0 Å². The lowest BCUT2D eigenvalue weighted by Crippen LogP contribution is -2.24. The lowest BCUT2D eigenvalue weighted by Gasteiger charge is -2.16. The molecule has 0 saturated carbocycles. The van der Waals surface area contributed by atoms with Crippen LogP contribution in [0.5, 0.6) is 11.5 Å². The Morgan fingerprint density at radius 1 is 1.11 bits per heavy atom. The van der Waals surface area contributed by atoms with Crippen LogP contribution in [0, 0.1) is 0 Å². The van der Waals surface area contributed by atoms with Crippen molar-refractivity contribution in [3.8, 4) is 11.5 Å². The molecule has 0 heterocycles. The second kappa shape index (κ2) is 9.57. The van der Waals surface area contributed by atoms with Crippen molar-refractivity contribution in [2.75, 3.05) is 33.1 Å². The van der Waals surface area contributed by atoms with Crippen LogP contribution < -0.4 is 14.8 Å². The van der Waals surface area contributed by atoms with Gasteiger partial charge in [0.05, 0.1) is 19.4 Å². The molecule has 0 radical (unpaired) electrons. The predicted octanol–water partition coefficient (Wildman–Crippen LogP) is 3.38. The summed E-state index contributed by atoms with van der Waals surface area (Å²) >= 11 is 0. The summed E-state index contributed by atoms with van der Waals surface area (Å²) in [6.07, 6.45) is 1.93. The highest BCUT2D eigenvalue weighted by atomic mass is 32.2. The maximum Gasteiger partial charge on any atom is 0.255 e. The van der Waals surface area contributed by atoms with Gasteiger partial charge in [-0.25, -0.2) is 12.7 Å². The van der Waals surface area contributed by atoms with Crippen LogP contribution >= 0.6 is 0 Å². The second-order valence-corrected chi connectivity index (χ2v) is 8.43. The van der Waals surface area contributed by atoms with E-state index in [1.165, 1.54) is 27.3 Å². The van der Waals surface area contributed by atoms with Crippen LogP contribution in [0.15, 0.2) is 47.4 Å². The summed E-state index contributed by atoms with van der Waals surface area (Å²) in [5.74, 6) is 0.556. The average Bonchev–Trinajstić information content (AvgIpc) is 2.68. The lowest BCUT2D eigenvalue weighted by atomic mass is 10.2. The van der Waals surface area contributed by atoms with Gasteiger partial charge in [-0.05, 0) is 36.8 Å². The van der Waals surface area contributed by atoms with Crippen molar-refractivity contribution in [2.24, 2.45) is 0 Å². The number of nitrogens with zero attached hydrogens (tertiary/aromatic N) is 1. The molecule has 152 valence electrons. The summed E-state index contributed by atoms with van der Waals surface area (Å²) < 4.78 is 37.0. The zero-order valence-corrected chi connectivity index (χ0v) is 17.4. The minimum Gasteiger partial charge on any atom is -0.493 e. The molecule has 0 aliphatic heterocycles. The first kappa shape index (κ1) is 21.7. The third kappa shape index (κ3) is 5.02. The van der Waals surface area contributed by atoms with Gasteiger partial charge in [-0.2, -0.15) is 0 Å². The van der Waals surface area contributed by atoms with Gasteiger partial charge in [0, 0.05) is 19.7 Å². The minimum absolute atomic E-state index is 0.0276. The molecule has 0 unspecified atom stereocenters. The van der Waals surface area contributed by atoms with E-state index in [1.54, 1.807) is 36.4 Å². The van der Waals surface area contributed by atoms with Crippen LogP contribution in [0.25, 0.3) is 0 Å². The molecule has 28 heavy (non-hydrogen) atoms. The molecule has 0 bridgehead atoms.